The van der Waals surface area contributed by atoms with E-state index in [-0.39, 0.29) is 6.04 Å². The van der Waals surface area contributed by atoms with E-state index in [9.17, 15) is 0 Å². The molecule has 3 rings (SSSR count). The third kappa shape index (κ3) is 3.34. The fraction of sp³-hybridized carbons (Fsp3) is 0.368. The summed E-state index contributed by atoms with van der Waals surface area (Å²) in [6, 6.07) is 21.7. The van der Waals surface area contributed by atoms with Crippen LogP contribution in [0, 0.1) is 0 Å². The summed E-state index contributed by atoms with van der Waals surface area (Å²) >= 11 is 0. The summed E-state index contributed by atoms with van der Waals surface area (Å²) in [4.78, 5) is 2.51. The highest BCUT2D eigenvalue weighted by molar-refractivity contribution is 5.24. The van der Waals surface area contributed by atoms with Crippen molar-refractivity contribution < 1.29 is 0 Å². The molecule has 0 aliphatic carbocycles. The minimum Gasteiger partial charge on any atom is -0.326 e. The molecule has 110 valence electrons. The maximum Gasteiger partial charge on any atom is 0.0249 e. The van der Waals surface area contributed by atoms with Gasteiger partial charge < -0.3 is 10.6 Å². The number of nitrogens with zero attached hydrogens (tertiary/aromatic N) is 1. The van der Waals surface area contributed by atoms with Crippen LogP contribution in [0.25, 0.3) is 0 Å². The number of benzene rings is 2. The van der Waals surface area contributed by atoms with Crippen LogP contribution in [0.4, 0.5) is 0 Å². The summed E-state index contributed by atoms with van der Waals surface area (Å²) in [6.07, 6.45) is 0. The van der Waals surface area contributed by atoms with E-state index in [1.54, 1.807) is 0 Å². The van der Waals surface area contributed by atoms with Crippen molar-refractivity contribution >= 4 is 0 Å². The first kappa shape index (κ1) is 14.3. The minimum atomic E-state index is 0.246. The molecule has 3 atom stereocenters. The van der Waals surface area contributed by atoms with Gasteiger partial charge in [-0.25, -0.2) is 0 Å². The Kier molecular flexibility index (Phi) is 4.37. The zero-order chi connectivity index (χ0) is 14.7. The van der Waals surface area contributed by atoms with Gasteiger partial charge in [0.2, 0.25) is 0 Å². The van der Waals surface area contributed by atoms with E-state index in [2.05, 4.69) is 72.5 Å². The molecule has 1 unspecified atom stereocenters. The van der Waals surface area contributed by atoms with Gasteiger partial charge >= 0.3 is 0 Å². The van der Waals surface area contributed by atoms with Crippen molar-refractivity contribution in [1.29, 1.82) is 0 Å². The lowest BCUT2D eigenvalue weighted by molar-refractivity contribution is 0.314. The third-order valence-electron chi connectivity index (χ3n) is 4.57. The lowest BCUT2D eigenvalue weighted by atomic mass is 9.95. The highest BCUT2D eigenvalue weighted by Crippen LogP contribution is 2.28. The molecule has 2 heteroatoms. The Balaban J connectivity index is 1.64. The number of hydrogen-bond acceptors (Lipinski definition) is 2. The van der Waals surface area contributed by atoms with Crippen LogP contribution in [-0.2, 0) is 0 Å². The van der Waals surface area contributed by atoms with Crippen LogP contribution in [-0.4, -0.2) is 30.6 Å². The van der Waals surface area contributed by atoms with E-state index in [1.165, 1.54) is 11.1 Å². The second-order valence-electron chi connectivity index (χ2n) is 6.21. The maximum absolute atomic E-state index is 6.37. The average Bonchev–Trinajstić information content (AvgIpc) is 2.89. The second kappa shape index (κ2) is 6.42. The number of hydrogen-bond donors (Lipinski definition) is 1. The summed E-state index contributed by atoms with van der Waals surface area (Å²) in [5, 5.41) is 0. The Bertz CT molecular complexity index is 550. The van der Waals surface area contributed by atoms with E-state index in [1.807, 2.05) is 0 Å². The molecule has 2 aromatic rings. The van der Waals surface area contributed by atoms with Gasteiger partial charge in [-0.15, -0.1) is 0 Å². The van der Waals surface area contributed by atoms with Crippen molar-refractivity contribution in [3.63, 3.8) is 0 Å². The van der Waals surface area contributed by atoms with Gasteiger partial charge in [0.1, 0.15) is 0 Å². The van der Waals surface area contributed by atoms with Gasteiger partial charge in [-0.05, 0) is 17.0 Å². The molecule has 0 amide bonds. The molecule has 2 aromatic carbocycles. The van der Waals surface area contributed by atoms with Crippen LogP contribution in [0.15, 0.2) is 60.7 Å². The fourth-order valence-corrected chi connectivity index (χ4v) is 3.39. The quantitative estimate of drug-likeness (QED) is 0.932. The van der Waals surface area contributed by atoms with Crippen LogP contribution in [0.2, 0.25) is 0 Å². The van der Waals surface area contributed by atoms with Crippen molar-refractivity contribution in [1.82, 2.24) is 4.90 Å². The Morgan fingerprint density at radius 2 is 1.62 bits per heavy atom. The lowest BCUT2D eigenvalue weighted by Gasteiger charge is -2.21. The monoisotopic (exact) mass is 280 g/mol. The van der Waals surface area contributed by atoms with Crippen molar-refractivity contribution in [2.24, 2.45) is 5.73 Å². The Hall–Kier alpha value is -1.64. The molecule has 1 aliphatic heterocycles. The SMILES string of the molecule is CC(CN1C[C@@H](N)[C@H](c2ccccc2)C1)c1ccccc1. The molecule has 21 heavy (non-hydrogen) atoms. The molecule has 0 aromatic heterocycles. The zero-order valence-electron chi connectivity index (χ0n) is 12.7. The van der Waals surface area contributed by atoms with E-state index in [4.69, 9.17) is 5.73 Å². The van der Waals surface area contributed by atoms with Gasteiger partial charge in [-0.3, -0.25) is 0 Å². The molecule has 0 spiro atoms. The van der Waals surface area contributed by atoms with Crippen molar-refractivity contribution in [3.05, 3.63) is 71.8 Å². The molecule has 1 saturated heterocycles. The highest BCUT2D eigenvalue weighted by Gasteiger charge is 2.31. The highest BCUT2D eigenvalue weighted by atomic mass is 15.2. The molecule has 2 nitrogen and oxygen atoms in total. The first-order valence-corrected chi connectivity index (χ1v) is 7.82. The standard InChI is InChI=1S/C19H24N2/c1-15(16-8-4-2-5-9-16)12-21-13-18(19(20)14-21)17-10-6-3-7-11-17/h2-11,15,18-19H,12-14,20H2,1H3/t15?,18-,19+/m0/s1. The van der Waals surface area contributed by atoms with Crippen LogP contribution in [0.1, 0.15) is 29.9 Å². The number of rotatable bonds is 4. The second-order valence-corrected chi connectivity index (χ2v) is 6.21. The minimum absolute atomic E-state index is 0.246. The van der Waals surface area contributed by atoms with Crippen molar-refractivity contribution in [2.45, 2.75) is 24.8 Å². The van der Waals surface area contributed by atoms with Crippen molar-refractivity contribution in [3.8, 4) is 0 Å². The summed E-state index contributed by atoms with van der Waals surface area (Å²) in [6.45, 7) is 5.46. The Morgan fingerprint density at radius 3 is 2.29 bits per heavy atom. The number of nitrogens with two attached hydrogens (primary N) is 1. The van der Waals surface area contributed by atoms with E-state index in [0.717, 1.165) is 19.6 Å². The lowest BCUT2D eigenvalue weighted by Crippen LogP contribution is -2.30. The van der Waals surface area contributed by atoms with E-state index < -0.39 is 0 Å². The predicted molar refractivity (Wildman–Crippen MR) is 88.5 cm³/mol. The maximum atomic E-state index is 6.37. The molecule has 0 saturated carbocycles. The Morgan fingerprint density at radius 1 is 1.00 bits per heavy atom. The van der Waals surface area contributed by atoms with Gasteiger partial charge in [0.05, 0.1) is 0 Å². The van der Waals surface area contributed by atoms with Crippen LogP contribution >= 0.6 is 0 Å². The molecule has 1 fully saturated rings. The largest absolute Gasteiger partial charge is 0.326 e. The molecule has 1 aliphatic rings. The Labute approximate surface area is 127 Å². The van der Waals surface area contributed by atoms with Crippen LogP contribution < -0.4 is 5.73 Å². The average molecular weight is 280 g/mol. The summed E-state index contributed by atoms with van der Waals surface area (Å²) in [5.74, 6) is 1.02. The first-order valence-electron chi connectivity index (χ1n) is 7.82. The molecular weight excluding hydrogens is 256 g/mol. The molecule has 0 bridgehead atoms. The van der Waals surface area contributed by atoms with Gasteiger partial charge in [0.25, 0.3) is 0 Å². The molecule has 1 heterocycles. The van der Waals surface area contributed by atoms with Gasteiger partial charge in [0.15, 0.2) is 0 Å². The summed E-state index contributed by atoms with van der Waals surface area (Å²) in [5.41, 5.74) is 9.16. The molecule has 0 radical (unpaired) electrons. The predicted octanol–water partition coefficient (Wildman–Crippen LogP) is 3.22. The topological polar surface area (TPSA) is 29.3 Å². The normalized spacial score (nSPS) is 24.1. The fourth-order valence-electron chi connectivity index (χ4n) is 3.39. The van der Waals surface area contributed by atoms with Crippen LogP contribution in [0.5, 0.6) is 0 Å². The van der Waals surface area contributed by atoms with Gasteiger partial charge in [-0.2, -0.15) is 0 Å². The summed E-state index contributed by atoms with van der Waals surface area (Å²) in [7, 11) is 0. The van der Waals surface area contributed by atoms with Crippen molar-refractivity contribution in [2.75, 3.05) is 19.6 Å². The van der Waals surface area contributed by atoms with Gasteiger partial charge in [0, 0.05) is 31.6 Å². The summed E-state index contributed by atoms with van der Waals surface area (Å²) < 4.78 is 0. The third-order valence-corrected chi connectivity index (χ3v) is 4.57. The van der Waals surface area contributed by atoms with E-state index >= 15 is 0 Å². The number of likely N-dealkylation sites (tertiary alicyclic amines) is 1. The van der Waals surface area contributed by atoms with E-state index in [0.29, 0.717) is 11.8 Å². The van der Waals surface area contributed by atoms with Gasteiger partial charge in [-0.1, -0.05) is 67.6 Å². The molecule has 2 N–H and O–H groups in total. The molecular formula is C19H24N2. The smallest absolute Gasteiger partial charge is 0.0249 e. The first-order chi connectivity index (χ1) is 10.2. The zero-order valence-corrected chi connectivity index (χ0v) is 12.7. The van der Waals surface area contributed by atoms with Crippen LogP contribution in [0.3, 0.4) is 0 Å².